The van der Waals surface area contributed by atoms with Crippen LogP contribution in [0.25, 0.3) is 33.7 Å². The number of benzene rings is 4. The van der Waals surface area contributed by atoms with E-state index in [0.717, 1.165) is 38.6 Å². The van der Waals surface area contributed by atoms with E-state index in [1.807, 2.05) is 12.1 Å². The molecule has 8 rings (SSSR count). The van der Waals surface area contributed by atoms with Crippen molar-refractivity contribution in [2.45, 2.75) is 66.2 Å². The van der Waals surface area contributed by atoms with Crippen molar-refractivity contribution in [3.05, 3.63) is 160 Å². The van der Waals surface area contributed by atoms with E-state index in [0.29, 0.717) is 11.3 Å². The summed E-state index contributed by atoms with van der Waals surface area (Å²) in [6.07, 6.45) is 16.9. The fraction of sp³-hybridized carbons (Fsp3) is 0.261. The number of allylic oxidation sites excluding steroid dienone is 6. The summed E-state index contributed by atoms with van der Waals surface area (Å²) >= 11 is 1.13. The molecule has 0 aromatic heterocycles. The first-order chi connectivity index (χ1) is 23.0. The zero-order chi connectivity index (χ0) is 35.3. The molecule has 0 saturated heterocycles. The first kappa shape index (κ1) is 40.7. The molecular formula is C46H44Cl2F2Zr-2. The minimum absolute atomic E-state index is 0. The van der Waals surface area contributed by atoms with Crippen molar-refractivity contribution in [2.75, 3.05) is 0 Å². The molecule has 0 spiro atoms. The Labute approximate surface area is 330 Å². The molecule has 5 aromatic carbocycles. The van der Waals surface area contributed by atoms with Gasteiger partial charge in [0.05, 0.1) is 0 Å². The molecule has 0 heterocycles. The molecular weight excluding hydrogens is 753 g/mol. The molecule has 51 heavy (non-hydrogen) atoms. The molecule has 1 unspecified atom stereocenters. The molecule has 3 aliphatic carbocycles. The summed E-state index contributed by atoms with van der Waals surface area (Å²) < 4.78 is 27.0. The van der Waals surface area contributed by atoms with E-state index in [-0.39, 0.29) is 47.3 Å². The Kier molecular flexibility index (Phi) is 12.3. The molecule has 1 atom stereocenters. The quantitative estimate of drug-likeness (QED) is 0.182. The van der Waals surface area contributed by atoms with Crippen LogP contribution in [0, 0.1) is 29.0 Å². The molecule has 0 nitrogen and oxygen atoms in total. The van der Waals surface area contributed by atoms with Crippen LogP contribution in [-0.4, -0.2) is 3.21 Å². The van der Waals surface area contributed by atoms with Gasteiger partial charge in [-0.2, -0.15) is 11.6 Å². The smallest absolute Gasteiger partial charge is 1.00 e. The number of hydrogen-bond acceptors (Lipinski definition) is 0. The van der Waals surface area contributed by atoms with Gasteiger partial charge in [-0.25, -0.2) is 6.08 Å². The standard InChI is InChI=1S/C23H21.C13H8F2.C10H15.2ClH.Zr/c1-22(2)7-5-14-10-18-16(12-20(14)22)9-17-13-21-15(11-19(17)18)6-8-23(21,3)4;14-12-5-1-3-10(8-12)7-11-4-2-6-13(15)9-11;1-8-5-6-9(7-8)10(2,3)4;;;/h5-13H,1-4H3;1-6,8-9H;6-8H,1-4H3;2*1H;/q-1;;-1;;;+2/p-2. The summed E-state index contributed by atoms with van der Waals surface area (Å²) in [4.78, 5) is 0. The summed E-state index contributed by atoms with van der Waals surface area (Å²) in [6, 6.07) is 24.7. The van der Waals surface area contributed by atoms with Gasteiger partial charge in [-0.15, -0.1) is 39.7 Å². The van der Waals surface area contributed by atoms with Crippen LogP contribution in [0.5, 0.6) is 0 Å². The van der Waals surface area contributed by atoms with Gasteiger partial charge in [0.2, 0.25) is 0 Å². The zero-order valence-electron chi connectivity index (χ0n) is 30.6. The third kappa shape index (κ3) is 8.76. The van der Waals surface area contributed by atoms with Gasteiger partial charge < -0.3 is 24.8 Å². The maximum absolute atomic E-state index is 13.0. The molecule has 0 fully saturated rings. The summed E-state index contributed by atoms with van der Waals surface area (Å²) in [5, 5.41) is 5.53. The average molecular weight is 797 g/mol. The maximum atomic E-state index is 13.0. The second kappa shape index (κ2) is 15.5. The Morgan fingerprint density at radius 2 is 1.18 bits per heavy atom. The third-order valence-electron chi connectivity index (χ3n) is 9.82. The minimum Gasteiger partial charge on any atom is -1.00 e. The van der Waals surface area contributed by atoms with E-state index in [1.54, 1.807) is 12.1 Å². The molecule has 5 heteroatoms. The van der Waals surface area contributed by atoms with Crippen LogP contribution in [0.15, 0.2) is 109 Å². The van der Waals surface area contributed by atoms with Gasteiger partial charge >= 0.3 is 108 Å². The van der Waals surface area contributed by atoms with Crippen LogP contribution >= 0.6 is 0 Å². The van der Waals surface area contributed by atoms with Crippen molar-refractivity contribution in [1.82, 2.24) is 0 Å². The van der Waals surface area contributed by atoms with Crippen LogP contribution in [0.3, 0.4) is 0 Å². The van der Waals surface area contributed by atoms with Gasteiger partial charge in [0.1, 0.15) is 0 Å². The molecule has 0 bridgehead atoms. The molecule has 5 aromatic rings. The first-order valence-corrected chi connectivity index (χ1v) is 18.3. The predicted molar refractivity (Wildman–Crippen MR) is 202 cm³/mol. The van der Waals surface area contributed by atoms with Crippen LogP contribution in [0.1, 0.15) is 88.8 Å². The average Bonchev–Trinajstić information content (AvgIpc) is 3.79. The minimum atomic E-state index is -0.270. The van der Waals surface area contributed by atoms with Crippen LogP contribution in [-0.2, 0) is 35.1 Å². The second-order valence-corrected chi connectivity index (χ2v) is 16.9. The SMILES string of the molecule is CC1(C)C=Cc2cc3c(cc21)[cH-]c1cc2c(cc13)C=CC2(C)C.CC1[C-]=CC(C(C)(C)C)=C1.Fc1cccc([C](=[Zr+2])c2cccc(F)c2)c1.[Cl-].[Cl-]. The Morgan fingerprint density at radius 3 is 1.53 bits per heavy atom. The topological polar surface area (TPSA) is 0 Å². The largest absolute Gasteiger partial charge is 1.00 e. The zero-order valence-corrected chi connectivity index (χ0v) is 34.5. The van der Waals surface area contributed by atoms with Crippen LogP contribution in [0.4, 0.5) is 8.78 Å². The molecule has 262 valence electrons. The Hall–Kier alpha value is -3.10. The number of fused-ring (bicyclic) bond motifs is 5. The fourth-order valence-corrected chi connectivity index (χ4v) is 7.58. The van der Waals surface area contributed by atoms with E-state index < -0.39 is 0 Å². The summed E-state index contributed by atoms with van der Waals surface area (Å²) in [5.41, 5.74) is 9.31. The van der Waals surface area contributed by atoms with E-state index in [4.69, 9.17) is 0 Å². The van der Waals surface area contributed by atoms with Gasteiger partial charge in [-0.3, -0.25) is 6.08 Å². The van der Waals surface area contributed by atoms with E-state index in [9.17, 15) is 8.78 Å². The van der Waals surface area contributed by atoms with Gasteiger partial charge in [0.25, 0.3) is 0 Å². The number of hydrogen-bond donors (Lipinski definition) is 0. The monoisotopic (exact) mass is 794 g/mol. The molecule has 0 radical (unpaired) electrons. The van der Waals surface area contributed by atoms with Crippen molar-refractivity contribution >= 4 is 36.9 Å². The van der Waals surface area contributed by atoms with E-state index in [1.165, 1.54) is 73.6 Å². The maximum Gasteiger partial charge on any atom is -1.00 e. The number of rotatable bonds is 2. The van der Waals surface area contributed by atoms with Gasteiger partial charge in [0.15, 0.2) is 0 Å². The van der Waals surface area contributed by atoms with Crippen molar-refractivity contribution in [2.24, 2.45) is 11.3 Å². The third-order valence-corrected chi connectivity index (χ3v) is 11.2. The van der Waals surface area contributed by atoms with Gasteiger partial charge in [-0.05, 0) is 11.1 Å². The summed E-state index contributed by atoms with van der Waals surface area (Å²) in [6.45, 7) is 18.0. The Balaban J connectivity index is 0.000000183. The Bertz CT molecular complexity index is 2090. The summed E-state index contributed by atoms with van der Waals surface area (Å²) in [7, 11) is 0. The normalized spacial score (nSPS) is 17.0. The molecule has 3 aliphatic rings. The second-order valence-electron chi connectivity index (χ2n) is 15.7. The van der Waals surface area contributed by atoms with Crippen molar-refractivity contribution in [3.63, 3.8) is 0 Å². The Morgan fingerprint density at radius 1 is 0.725 bits per heavy atom. The van der Waals surface area contributed by atoms with Crippen molar-refractivity contribution in [1.29, 1.82) is 0 Å². The van der Waals surface area contributed by atoms with E-state index in [2.05, 4.69) is 128 Å². The van der Waals surface area contributed by atoms with Crippen molar-refractivity contribution < 1.29 is 57.8 Å². The van der Waals surface area contributed by atoms with Crippen LogP contribution in [0.2, 0.25) is 0 Å². The predicted octanol–water partition coefficient (Wildman–Crippen LogP) is 6.38. The van der Waals surface area contributed by atoms with Crippen LogP contribution < -0.4 is 24.8 Å². The van der Waals surface area contributed by atoms with Gasteiger partial charge in [-0.1, -0.05) is 114 Å². The van der Waals surface area contributed by atoms with Crippen molar-refractivity contribution in [3.8, 4) is 0 Å². The van der Waals surface area contributed by atoms with E-state index >= 15 is 0 Å². The first-order valence-electron chi connectivity index (χ1n) is 17.0. The summed E-state index contributed by atoms with van der Waals surface area (Å²) in [5.74, 6) is -0.0168. The fourth-order valence-electron chi connectivity index (χ4n) is 6.81. The molecule has 0 saturated carbocycles. The molecule has 0 aliphatic heterocycles. The van der Waals surface area contributed by atoms with Gasteiger partial charge in [0, 0.05) is 10.8 Å². The number of halogens is 4. The molecule has 0 amide bonds. The molecule has 0 N–H and O–H groups in total.